The summed E-state index contributed by atoms with van der Waals surface area (Å²) >= 11 is 0. The minimum absolute atomic E-state index is 0.00149. The van der Waals surface area contributed by atoms with Crippen molar-refractivity contribution in [3.63, 3.8) is 0 Å². The number of rotatable bonds is 15. The largest absolute Gasteiger partial charge is 0.549 e. The fourth-order valence-corrected chi connectivity index (χ4v) is 2.42. The van der Waals surface area contributed by atoms with Gasteiger partial charge in [0, 0.05) is 11.8 Å². The van der Waals surface area contributed by atoms with E-state index in [0.29, 0.717) is 25.7 Å². The Morgan fingerprint density at radius 2 is 0.667 bits per heavy atom. The summed E-state index contributed by atoms with van der Waals surface area (Å²) in [6.45, 7) is 0. The predicted molar refractivity (Wildman–Crippen MR) is 73.2 cm³/mol. The highest BCUT2D eigenvalue weighted by atomic mass is 16.4. The maximum absolute atomic E-state index is 10.5. The first-order valence-electron chi connectivity index (χ1n) is 8.10. The first-order valence-corrected chi connectivity index (χ1v) is 8.10. The highest BCUT2D eigenvalue weighted by molar-refractivity contribution is 5.91. The molecule has 0 heterocycles. The second kappa shape index (κ2) is 12.3. The van der Waals surface area contributed by atoms with Crippen LogP contribution in [-0.2, 0) is 19.2 Å². The Bertz CT molecular complexity index is 364. The molecule has 0 saturated heterocycles. The van der Waals surface area contributed by atoms with Crippen molar-refractivity contribution in [2.24, 2.45) is 11.8 Å². The molecule has 0 saturated carbocycles. The quantitative estimate of drug-likeness (QED) is 0.226. The molecule has 0 fully saturated rings. The van der Waals surface area contributed by atoms with Crippen LogP contribution in [0.4, 0.5) is 0 Å². The molecule has 0 aliphatic carbocycles. The molecule has 24 heavy (non-hydrogen) atoms. The van der Waals surface area contributed by atoms with Crippen LogP contribution < -0.4 is 20.4 Å². The Labute approximate surface area is 140 Å². The van der Waals surface area contributed by atoms with Crippen LogP contribution >= 0.6 is 0 Å². The smallest absolute Gasteiger partial charge is 0.0501 e. The molecule has 0 aliphatic heterocycles. The number of hydrogen-bond donors (Lipinski definition) is 0. The molecule has 0 aliphatic rings. The Hall–Kier alpha value is -2.12. The Morgan fingerprint density at radius 3 is 0.875 bits per heavy atom. The van der Waals surface area contributed by atoms with Crippen molar-refractivity contribution in [1.29, 1.82) is 0 Å². The molecule has 0 aromatic rings. The van der Waals surface area contributed by atoms with Gasteiger partial charge in [0.25, 0.3) is 0 Å². The summed E-state index contributed by atoms with van der Waals surface area (Å²) in [7, 11) is 0. The van der Waals surface area contributed by atoms with E-state index >= 15 is 0 Å². The molecule has 0 bridgehead atoms. The zero-order valence-electron chi connectivity index (χ0n) is 13.5. The highest BCUT2D eigenvalue weighted by Gasteiger charge is 2.11. The predicted octanol–water partition coefficient (Wildman–Crippen LogP) is -2.88. The fraction of sp³-hybridized carbons (Fsp3) is 0.750. The second-order valence-electron chi connectivity index (χ2n) is 5.79. The topological polar surface area (TPSA) is 161 Å². The van der Waals surface area contributed by atoms with E-state index in [2.05, 4.69) is 0 Å². The number of carboxylic acids is 4. The van der Waals surface area contributed by atoms with Crippen LogP contribution in [0, 0.1) is 11.8 Å². The van der Waals surface area contributed by atoms with Gasteiger partial charge in [-0.05, 0) is 12.8 Å². The van der Waals surface area contributed by atoms with E-state index in [1.807, 2.05) is 0 Å². The van der Waals surface area contributed by atoms with Crippen LogP contribution in [0.5, 0.6) is 0 Å². The molecular formula is C16H22O8-4. The van der Waals surface area contributed by atoms with Gasteiger partial charge in [-0.3, -0.25) is 0 Å². The highest BCUT2D eigenvalue weighted by Crippen LogP contribution is 2.14. The zero-order valence-corrected chi connectivity index (χ0v) is 13.5. The van der Waals surface area contributed by atoms with Gasteiger partial charge in [-0.15, -0.1) is 0 Å². The summed E-state index contributed by atoms with van der Waals surface area (Å²) in [5.74, 6) is -9.62. The van der Waals surface area contributed by atoms with Crippen molar-refractivity contribution in [1.82, 2.24) is 0 Å². The molecule has 8 nitrogen and oxygen atoms in total. The van der Waals surface area contributed by atoms with Crippen molar-refractivity contribution in [3.05, 3.63) is 0 Å². The lowest BCUT2D eigenvalue weighted by Crippen LogP contribution is -2.43. The van der Waals surface area contributed by atoms with Gasteiger partial charge >= 0.3 is 0 Å². The van der Waals surface area contributed by atoms with Crippen LogP contribution in [0.1, 0.15) is 64.2 Å². The molecule has 0 amide bonds. The molecule has 0 spiro atoms. The van der Waals surface area contributed by atoms with E-state index in [9.17, 15) is 39.6 Å². The third-order valence-electron chi connectivity index (χ3n) is 3.87. The van der Waals surface area contributed by atoms with Crippen LogP contribution in [0.25, 0.3) is 0 Å². The van der Waals surface area contributed by atoms with Crippen molar-refractivity contribution in [2.75, 3.05) is 0 Å². The Balaban J connectivity index is 3.58. The monoisotopic (exact) mass is 342 g/mol. The maximum Gasteiger partial charge on any atom is 0.0501 e. The molecule has 0 N–H and O–H groups in total. The van der Waals surface area contributed by atoms with Gasteiger partial charge in [0.2, 0.25) is 0 Å². The van der Waals surface area contributed by atoms with Gasteiger partial charge in [0.1, 0.15) is 0 Å². The van der Waals surface area contributed by atoms with Crippen LogP contribution in [0.15, 0.2) is 0 Å². The van der Waals surface area contributed by atoms with Gasteiger partial charge in [-0.1, -0.05) is 51.4 Å². The lowest BCUT2D eigenvalue weighted by atomic mass is 9.99. The van der Waals surface area contributed by atoms with Crippen molar-refractivity contribution in [3.8, 4) is 0 Å². The minimum Gasteiger partial charge on any atom is -0.549 e. The molecule has 0 rings (SSSR count). The number of carboxylic acid groups (broad SMARTS) is 4. The lowest BCUT2D eigenvalue weighted by molar-refractivity contribution is -0.334. The standard InChI is InChI=1S/C16H26O8/c17-13(18)11(14(19)20)9-7-5-3-1-2-4-6-8-10-12(15(21)22)16(23)24/h11-12H,1-10H2,(H,17,18)(H,19,20)(H,21,22)(H,23,24)/p-4. The Kier molecular flexibility index (Phi) is 11.2. The first-order chi connectivity index (χ1) is 11.3. The molecule has 0 aromatic carbocycles. The normalized spacial score (nSPS) is 10.9. The van der Waals surface area contributed by atoms with Crippen LogP contribution in [-0.4, -0.2) is 23.9 Å². The minimum atomic E-state index is -1.62. The van der Waals surface area contributed by atoms with E-state index in [0.717, 1.165) is 25.7 Å². The van der Waals surface area contributed by atoms with Crippen molar-refractivity contribution >= 4 is 23.9 Å². The average molecular weight is 342 g/mol. The van der Waals surface area contributed by atoms with Crippen LogP contribution in [0.3, 0.4) is 0 Å². The van der Waals surface area contributed by atoms with Crippen molar-refractivity contribution in [2.45, 2.75) is 64.2 Å². The van der Waals surface area contributed by atoms with Gasteiger partial charge < -0.3 is 39.6 Å². The number of aliphatic carboxylic acids is 4. The fourth-order valence-electron chi connectivity index (χ4n) is 2.42. The number of unbranched alkanes of at least 4 members (excludes halogenated alkanes) is 7. The molecule has 0 unspecified atom stereocenters. The number of carbonyl (C=O) groups is 4. The summed E-state index contributed by atoms with van der Waals surface area (Å²) in [5, 5.41) is 42.1. The second-order valence-corrected chi connectivity index (χ2v) is 5.79. The van der Waals surface area contributed by atoms with Gasteiger partial charge in [-0.2, -0.15) is 0 Å². The summed E-state index contributed by atoms with van der Waals surface area (Å²) in [4.78, 5) is 42.1. The van der Waals surface area contributed by atoms with E-state index in [-0.39, 0.29) is 12.8 Å². The number of hydrogen-bond acceptors (Lipinski definition) is 8. The van der Waals surface area contributed by atoms with E-state index in [4.69, 9.17) is 0 Å². The molecule has 8 heteroatoms. The lowest BCUT2D eigenvalue weighted by Gasteiger charge is -2.18. The SMILES string of the molecule is O=C([O-])C(CCCCCCCCCCC(C(=O)[O-])C(=O)[O-])C(=O)[O-]. The molecule has 0 atom stereocenters. The zero-order chi connectivity index (χ0) is 18.5. The molecule has 0 aromatic heterocycles. The van der Waals surface area contributed by atoms with E-state index in [1.165, 1.54) is 0 Å². The molecular weight excluding hydrogens is 320 g/mol. The van der Waals surface area contributed by atoms with Gasteiger partial charge in [-0.25, -0.2) is 0 Å². The summed E-state index contributed by atoms with van der Waals surface area (Å²) < 4.78 is 0. The third-order valence-corrected chi connectivity index (χ3v) is 3.87. The average Bonchev–Trinajstić information content (AvgIpc) is 2.46. The van der Waals surface area contributed by atoms with Gasteiger partial charge in [0.15, 0.2) is 0 Å². The van der Waals surface area contributed by atoms with Crippen LogP contribution in [0.2, 0.25) is 0 Å². The van der Waals surface area contributed by atoms with E-state index in [1.54, 1.807) is 0 Å². The summed E-state index contributed by atoms with van der Waals surface area (Å²) in [6.07, 6.45) is 5.75. The maximum atomic E-state index is 10.5. The number of carbonyl (C=O) groups excluding carboxylic acids is 4. The third kappa shape index (κ3) is 9.81. The van der Waals surface area contributed by atoms with Gasteiger partial charge in [0.05, 0.1) is 23.9 Å². The molecule has 138 valence electrons. The summed E-state index contributed by atoms with van der Waals surface area (Å²) in [5.41, 5.74) is 0. The first kappa shape index (κ1) is 21.9. The Morgan fingerprint density at radius 1 is 0.458 bits per heavy atom. The summed E-state index contributed by atoms with van der Waals surface area (Å²) in [6, 6.07) is 0. The van der Waals surface area contributed by atoms with Crippen molar-refractivity contribution < 1.29 is 39.6 Å². The molecule has 0 radical (unpaired) electrons. The van der Waals surface area contributed by atoms with E-state index < -0.39 is 35.7 Å².